The van der Waals surface area contributed by atoms with E-state index in [2.05, 4.69) is 21.2 Å². The molecule has 3 rings (SSSR count). The molecule has 0 saturated carbocycles. The van der Waals surface area contributed by atoms with Gasteiger partial charge in [0.2, 0.25) is 0 Å². The highest BCUT2D eigenvalue weighted by Crippen LogP contribution is 2.32. The van der Waals surface area contributed by atoms with Crippen molar-refractivity contribution in [3.05, 3.63) is 57.0 Å². The maximum atomic E-state index is 12.3. The number of aryl methyl sites for hydroxylation is 1. The van der Waals surface area contributed by atoms with Gasteiger partial charge in [-0.25, -0.2) is 0 Å². The Morgan fingerprint density at radius 3 is 2.90 bits per heavy atom. The van der Waals surface area contributed by atoms with Gasteiger partial charge in [0.25, 0.3) is 5.91 Å². The SMILES string of the molecule is Cc1ccc(NC(=O)C2Cc3cc(Cl)ccc3O2)c(Br)c1. The molecular weight excluding hydrogens is 354 g/mol. The molecule has 1 atom stereocenters. The molecular formula is C16H13BrClNO2. The highest BCUT2D eigenvalue weighted by atomic mass is 79.9. The van der Waals surface area contributed by atoms with Crippen LogP contribution < -0.4 is 10.1 Å². The van der Waals surface area contributed by atoms with E-state index in [1.807, 2.05) is 31.2 Å². The zero-order valence-electron chi connectivity index (χ0n) is 11.3. The minimum Gasteiger partial charge on any atom is -0.480 e. The van der Waals surface area contributed by atoms with Crippen molar-refractivity contribution in [2.24, 2.45) is 0 Å². The van der Waals surface area contributed by atoms with Crippen LogP contribution >= 0.6 is 27.5 Å². The van der Waals surface area contributed by atoms with Crippen molar-refractivity contribution >= 4 is 39.1 Å². The lowest BCUT2D eigenvalue weighted by molar-refractivity contribution is -0.122. The summed E-state index contributed by atoms with van der Waals surface area (Å²) >= 11 is 9.40. The third-order valence-corrected chi connectivity index (χ3v) is 4.26. The zero-order chi connectivity index (χ0) is 15.0. The van der Waals surface area contributed by atoms with E-state index < -0.39 is 6.10 Å². The number of fused-ring (bicyclic) bond motifs is 1. The summed E-state index contributed by atoms with van der Waals surface area (Å²) in [5.74, 6) is 0.564. The molecule has 5 heteroatoms. The molecule has 0 aromatic heterocycles. The van der Waals surface area contributed by atoms with Crippen molar-refractivity contribution in [3.63, 3.8) is 0 Å². The number of amides is 1. The standard InChI is InChI=1S/C16H13BrClNO2/c1-9-2-4-13(12(17)6-9)19-16(20)15-8-10-7-11(18)3-5-14(10)21-15/h2-7,15H,8H2,1H3,(H,19,20). The first kappa shape index (κ1) is 14.4. The van der Waals surface area contributed by atoms with Crippen molar-refractivity contribution in [1.82, 2.24) is 0 Å². The van der Waals surface area contributed by atoms with Crippen molar-refractivity contribution in [2.45, 2.75) is 19.4 Å². The second-order valence-electron chi connectivity index (χ2n) is 5.04. The van der Waals surface area contributed by atoms with Gasteiger partial charge in [-0.2, -0.15) is 0 Å². The first-order valence-electron chi connectivity index (χ1n) is 6.55. The van der Waals surface area contributed by atoms with E-state index in [0.717, 1.165) is 27.0 Å². The number of hydrogen-bond donors (Lipinski definition) is 1. The molecule has 1 aliphatic heterocycles. The van der Waals surface area contributed by atoms with Gasteiger partial charge in [-0.05, 0) is 64.3 Å². The topological polar surface area (TPSA) is 38.3 Å². The fourth-order valence-electron chi connectivity index (χ4n) is 2.30. The molecule has 108 valence electrons. The van der Waals surface area contributed by atoms with Crippen LogP contribution in [0.4, 0.5) is 5.69 Å². The van der Waals surface area contributed by atoms with E-state index in [1.165, 1.54) is 0 Å². The number of anilines is 1. The number of rotatable bonds is 2. The van der Waals surface area contributed by atoms with Crippen molar-refractivity contribution < 1.29 is 9.53 Å². The Bertz CT molecular complexity index is 717. The second-order valence-corrected chi connectivity index (χ2v) is 6.33. The highest BCUT2D eigenvalue weighted by Gasteiger charge is 2.29. The monoisotopic (exact) mass is 365 g/mol. The Morgan fingerprint density at radius 2 is 2.14 bits per heavy atom. The maximum absolute atomic E-state index is 12.3. The highest BCUT2D eigenvalue weighted by molar-refractivity contribution is 9.10. The van der Waals surface area contributed by atoms with Crippen LogP contribution in [0.3, 0.4) is 0 Å². The number of ether oxygens (including phenoxy) is 1. The molecule has 0 saturated heterocycles. The van der Waals surface area contributed by atoms with Crippen LogP contribution in [-0.2, 0) is 11.2 Å². The van der Waals surface area contributed by atoms with Crippen LogP contribution in [0.25, 0.3) is 0 Å². The summed E-state index contributed by atoms with van der Waals surface area (Å²) in [5.41, 5.74) is 2.83. The minimum atomic E-state index is -0.522. The Balaban J connectivity index is 1.73. The Morgan fingerprint density at radius 1 is 1.33 bits per heavy atom. The second kappa shape index (κ2) is 5.70. The molecule has 0 aliphatic carbocycles. The summed E-state index contributed by atoms with van der Waals surface area (Å²) in [6.07, 6.45) is 0.0113. The number of benzene rings is 2. The molecule has 1 aliphatic rings. The molecule has 1 heterocycles. The van der Waals surface area contributed by atoms with E-state index in [1.54, 1.807) is 12.1 Å². The van der Waals surface area contributed by atoms with Crippen LogP contribution in [0.5, 0.6) is 5.75 Å². The summed E-state index contributed by atoms with van der Waals surface area (Å²) < 4.78 is 6.53. The van der Waals surface area contributed by atoms with E-state index in [4.69, 9.17) is 16.3 Å². The number of carbonyl (C=O) groups is 1. The maximum Gasteiger partial charge on any atom is 0.265 e. The first-order valence-corrected chi connectivity index (χ1v) is 7.72. The van der Waals surface area contributed by atoms with Gasteiger partial charge in [0.05, 0.1) is 5.69 Å². The van der Waals surface area contributed by atoms with Crippen LogP contribution in [0.1, 0.15) is 11.1 Å². The number of carbonyl (C=O) groups excluding carboxylic acids is 1. The predicted molar refractivity (Wildman–Crippen MR) is 87.1 cm³/mol. The Labute approximate surface area is 136 Å². The molecule has 2 aromatic rings. The molecule has 0 spiro atoms. The fourth-order valence-corrected chi connectivity index (χ4v) is 3.09. The van der Waals surface area contributed by atoms with Crippen LogP contribution in [0.2, 0.25) is 5.02 Å². The normalized spacial score (nSPS) is 16.2. The van der Waals surface area contributed by atoms with Crippen LogP contribution in [0.15, 0.2) is 40.9 Å². The van der Waals surface area contributed by atoms with E-state index in [9.17, 15) is 4.79 Å². The van der Waals surface area contributed by atoms with Gasteiger partial charge in [0.1, 0.15) is 5.75 Å². The molecule has 1 amide bonds. The molecule has 21 heavy (non-hydrogen) atoms. The quantitative estimate of drug-likeness (QED) is 0.858. The average Bonchev–Trinajstić information content (AvgIpc) is 2.85. The fraction of sp³-hybridized carbons (Fsp3) is 0.188. The molecule has 1 N–H and O–H groups in total. The van der Waals surface area contributed by atoms with Crippen molar-refractivity contribution in [2.75, 3.05) is 5.32 Å². The van der Waals surface area contributed by atoms with Gasteiger partial charge in [0.15, 0.2) is 6.10 Å². The lowest BCUT2D eigenvalue weighted by Crippen LogP contribution is -2.31. The van der Waals surface area contributed by atoms with Gasteiger partial charge in [-0.3, -0.25) is 4.79 Å². The lowest BCUT2D eigenvalue weighted by atomic mass is 10.1. The summed E-state index contributed by atoms with van der Waals surface area (Å²) in [6.45, 7) is 2.00. The summed E-state index contributed by atoms with van der Waals surface area (Å²) in [4.78, 5) is 12.3. The number of nitrogens with one attached hydrogen (secondary N) is 1. The molecule has 0 bridgehead atoms. The average molecular weight is 367 g/mol. The Kier molecular flexibility index (Phi) is 3.91. The minimum absolute atomic E-state index is 0.160. The van der Waals surface area contributed by atoms with Crippen LogP contribution in [-0.4, -0.2) is 12.0 Å². The zero-order valence-corrected chi connectivity index (χ0v) is 13.7. The largest absolute Gasteiger partial charge is 0.480 e. The third-order valence-electron chi connectivity index (χ3n) is 3.37. The van der Waals surface area contributed by atoms with Gasteiger partial charge in [-0.15, -0.1) is 0 Å². The van der Waals surface area contributed by atoms with Gasteiger partial charge >= 0.3 is 0 Å². The predicted octanol–water partition coefficient (Wildman–Crippen LogP) is 4.35. The third kappa shape index (κ3) is 3.06. The van der Waals surface area contributed by atoms with Crippen molar-refractivity contribution in [1.29, 1.82) is 0 Å². The molecule has 3 nitrogen and oxygen atoms in total. The summed E-state index contributed by atoms with van der Waals surface area (Å²) in [6, 6.07) is 11.2. The number of halogens is 2. The van der Waals surface area contributed by atoms with Gasteiger partial charge < -0.3 is 10.1 Å². The van der Waals surface area contributed by atoms with Crippen LogP contribution in [0, 0.1) is 6.92 Å². The van der Waals surface area contributed by atoms with Gasteiger partial charge in [-0.1, -0.05) is 17.7 Å². The molecule has 0 fully saturated rings. The molecule has 1 unspecified atom stereocenters. The summed E-state index contributed by atoms with van der Waals surface area (Å²) in [7, 11) is 0. The first-order chi connectivity index (χ1) is 10.0. The Hall–Kier alpha value is -1.52. The van der Waals surface area contributed by atoms with Gasteiger partial charge in [0, 0.05) is 15.9 Å². The molecule has 0 radical (unpaired) electrons. The molecule has 2 aromatic carbocycles. The van der Waals surface area contributed by atoms with E-state index in [0.29, 0.717) is 11.4 Å². The van der Waals surface area contributed by atoms with E-state index >= 15 is 0 Å². The van der Waals surface area contributed by atoms with E-state index in [-0.39, 0.29) is 5.91 Å². The summed E-state index contributed by atoms with van der Waals surface area (Å²) in [5, 5.41) is 3.54. The lowest BCUT2D eigenvalue weighted by Gasteiger charge is -2.12. The van der Waals surface area contributed by atoms with Crippen molar-refractivity contribution in [3.8, 4) is 5.75 Å². The number of hydrogen-bond acceptors (Lipinski definition) is 2. The smallest absolute Gasteiger partial charge is 0.265 e.